The molecule has 31 heavy (non-hydrogen) atoms. The van der Waals surface area contributed by atoms with Gasteiger partial charge in [0.05, 0.1) is 10.5 Å². The topological polar surface area (TPSA) is 92.0 Å². The number of carboxylic acids is 1. The van der Waals surface area contributed by atoms with Gasteiger partial charge in [0.15, 0.2) is 0 Å². The summed E-state index contributed by atoms with van der Waals surface area (Å²) in [6, 6.07) is 13.1. The predicted octanol–water partition coefficient (Wildman–Crippen LogP) is 3.44. The molecule has 0 aliphatic carbocycles. The number of thioether (sulfide) groups is 1. The molecule has 1 N–H and O–H groups in total. The van der Waals surface area contributed by atoms with Gasteiger partial charge in [-0.05, 0) is 36.8 Å². The van der Waals surface area contributed by atoms with Crippen LogP contribution in [0.15, 0.2) is 68.3 Å². The monoisotopic (exact) mass is 469 g/mol. The van der Waals surface area contributed by atoms with Crippen molar-refractivity contribution in [3.05, 3.63) is 75.0 Å². The lowest BCUT2D eigenvalue weighted by atomic mass is 10.2. The van der Waals surface area contributed by atoms with Gasteiger partial charge in [-0.2, -0.15) is 0 Å². The molecule has 0 atom stereocenters. The van der Waals surface area contributed by atoms with Crippen molar-refractivity contribution in [2.45, 2.75) is 16.8 Å². The van der Waals surface area contributed by atoms with Gasteiger partial charge in [-0.1, -0.05) is 60.0 Å². The van der Waals surface area contributed by atoms with Crippen LogP contribution in [0.5, 0.6) is 0 Å². The molecular formula is C21H15N3O4S3. The average Bonchev–Trinajstić information content (AvgIpc) is 2.99. The van der Waals surface area contributed by atoms with Gasteiger partial charge < -0.3 is 5.11 Å². The second-order valence-corrected chi connectivity index (χ2v) is 9.34. The zero-order valence-corrected chi connectivity index (χ0v) is 18.6. The van der Waals surface area contributed by atoms with Gasteiger partial charge in [-0.25, -0.2) is 4.98 Å². The Kier molecular flexibility index (Phi) is 5.94. The van der Waals surface area contributed by atoms with E-state index in [9.17, 15) is 14.4 Å². The second kappa shape index (κ2) is 8.66. The van der Waals surface area contributed by atoms with Crippen molar-refractivity contribution < 1.29 is 14.7 Å². The quantitative estimate of drug-likeness (QED) is 0.345. The Hall–Kier alpha value is -2.95. The summed E-state index contributed by atoms with van der Waals surface area (Å²) in [5, 5.41) is 9.49. The van der Waals surface area contributed by atoms with Crippen LogP contribution in [0.2, 0.25) is 0 Å². The number of thiocarbonyl (C=S) groups is 1. The number of carbonyl (C=O) groups is 2. The molecule has 0 unspecified atom stereocenters. The first-order valence-corrected chi connectivity index (χ1v) is 11.1. The molecule has 1 saturated heterocycles. The lowest BCUT2D eigenvalue weighted by Crippen LogP contribution is -2.33. The molecule has 3 heterocycles. The minimum atomic E-state index is -1.17. The summed E-state index contributed by atoms with van der Waals surface area (Å²) < 4.78 is 1.58. The highest BCUT2D eigenvalue weighted by molar-refractivity contribution is 8.26. The first kappa shape index (κ1) is 21.3. The molecular weight excluding hydrogens is 454 g/mol. The van der Waals surface area contributed by atoms with E-state index in [1.807, 2.05) is 43.3 Å². The van der Waals surface area contributed by atoms with E-state index in [1.165, 1.54) is 22.2 Å². The van der Waals surface area contributed by atoms with E-state index in [-0.39, 0.29) is 20.3 Å². The molecule has 0 radical (unpaired) electrons. The molecule has 156 valence electrons. The lowest BCUT2D eigenvalue weighted by molar-refractivity contribution is -0.140. The van der Waals surface area contributed by atoms with Gasteiger partial charge in [0.1, 0.15) is 21.5 Å². The first-order chi connectivity index (χ1) is 14.8. The number of hydrogen-bond acceptors (Lipinski definition) is 7. The molecule has 0 saturated carbocycles. The van der Waals surface area contributed by atoms with Crippen molar-refractivity contribution in [3.8, 4) is 0 Å². The zero-order chi connectivity index (χ0) is 22.1. The Labute approximate surface area is 190 Å². The van der Waals surface area contributed by atoms with Crippen molar-refractivity contribution in [1.82, 2.24) is 14.3 Å². The van der Waals surface area contributed by atoms with Gasteiger partial charge in [-0.3, -0.25) is 23.7 Å². The summed E-state index contributed by atoms with van der Waals surface area (Å²) in [5.41, 5.74) is 1.29. The van der Waals surface area contributed by atoms with Crippen LogP contribution >= 0.6 is 35.7 Å². The Morgan fingerprint density at radius 2 is 1.97 bits per heavy atom. The summed E-state index contributed by atoms with van der Waals surface area (Å²) in [5.74, 6) is -1.71. The third-order valence-corrected chi connectivity index (χ3v) is 6.84. The number of pyridine rings is 1. The fraction of sp³-hybridized carbons (Fsp3) is 0.0952. The number of rotatable bonds is 5. The summed E-state index contributed by atoms with van der Waals surface area (Å²) in [4.78, 5) is 43.9. The molecule has 10 heteroatoms. The number of aryl methyl sites for hydroxylation is 1. The standard InChI is InChI=1S/C21H15N3O4S3/c1-12-6-5-9-23-17(12)22-18(30-13-7-3-2-4-8-13)14(19(23)27)10-15-20(28)24(11-16(25)26)21(29)31-15/h2-10H,11H2,1H3,(H,25,26)/b15-10-. The molecule has 2 aromatic heterocycles. The molecule has 1 aliphatic rings. The van der Waals surface area contributed by atoms with Crippen molar-refractivity contribution in [2.24, 2.45) is 0 Å². The van der Waals surface area contributed by atoms with Crippen molar-refractivity contribution >= 4 is 63.7 Å². The van der Waals surface area contributed by atoms with Crippen molar-refractivity contribution in [1.29, 1.82) is 0 Å². The molecule has 1 fully saturated rings. The van der Waals surface area contributed by atoms with Gasteiger partial charge in [0.25, 0.3) is 11.5 Å². The van der Waals surface area contributed by atoms with Crippen LogP contribution in [0.1, 0.15) is 11.1 Å². The van der Waals surface area contributed by atoms with Gasteiger partial charge in [0, 0.05) is 11.1 Å². The number of carboxylic acid groups (broad SMARTS) is 1. The van der Waals surface area contributed by atoms with Crippen LogP contribution < -0.4 is 5.56 Å². The summed E-state index contributed by atoms with van der Waals surface area (Å²) >= 11 is 7.44. The van der Waals surface area contributed by atoms with E-state index in [0.717, 1.165) is 27.1 Å². The van der Waals surface area contributed by atoms with E-state index in [2.05, 4.69) is 0 Å². The second-order valence-electron chi connectivity index (χ2n) is 6.60. The third kappa shape index (κ3) is 4.27. The molecule has 1 aromatic carbocycles. The summed E-state index contributed by atoms with van der Waals surface area (Å²) in [6.07, 6.45) is 3.08. The molecule has 0 spiro atoms. The van der Waals surface area contributed by atoms with E-state index in [1.54, 1.807) is 12.3 Å². The Bertz CT molecular complexity index is 1320. The molecule has 3 aromatic rings. The smallest absolute Gasteiger partial charge is 0.323 e. The normalized spacial score (nSPS) is 15.3. The maximum atomic E-state index is 13.3. The average molecular weight is 470 g/mol. The zero-order valence-electron chi connectivity index (χ0n) is 16.1. The maximum Gasteiger partial charge on any atom is 0.323 e. The van der Waals surface area contributed by atoms with E-state index >= 15 is 0 Å². The highest BCUT2D eigenvalue weighted by Gasteiger charge is 2.34. The summed E-state index contributed by atoms with van der Waals surface area (Å²) in [6.45, 7) is 1.34. The van der Waals surface area contributed by atoms with Crippen LogP contribution in [-0.2, 0) is 9.59 Å². The van der Waals surface area contributed by atoms with Gasteiger partial charge in [-0.15, -0.1) is 0 Å². The number of benzene rings is 1. The number of fused-ring (bicyclic) bond motifs is 1. The highest BCUT2D eigenvalue weighted by atomic mass is 32.2. The fourth-order valence-corrected chi connectivity index (χ4v) is 5.14. The van der Waals surface area contributed by atoms with Crippen LogP contribution in [0.3, 0.4) is 0 Å². The Morgan fingerprint density at radius 1 is 1.23 bits per heavy atom. The Morgan fingerprint density at radius 3 is 2.68 bits per heavy atom. The van der Waals surface area contributed by atoms with Crippen molar-refractivity contribution in [2.75, 3.05) is 6.54 Å². The Balaban J connectivity index is 1.87. The van der Waals surface area contributed by atoms with Crippen LogP contribution in [-0.4, -0.2) is 42.1 Å². The van der Waals surface area contributed by atoms with Gasteiger partial charge >= 0.3 is 5.97 Å². The minimum absolute atomic E-state index is 0.139. The van der Waals surface area contributed by atoms with Crippen LogP contribution in [0, 0.1) is 6.92 Å². The van der Waals surface area contributed by atoms with E-state index in [0.29, 0.717) is 10.7 Å². The molecule has 1 aliphatic heterocycles. The molecule has 0 bridgehead atoms. The predicted molar refractivity (Wildman–Crippen MR) is 124 cm³/mol. The molecule has 4 rings (SSSR count). The molecule has 1 amide bonds. The van der Waals surface area contributed by atoms with E-state index < -0.39 is 18.4 Å². The molecule has 7 nitrogen and oxygen atoms in total. The minimum Gasteiger partial charge on any atom is -0.480 e. The number of nitrogens with zero attached hydrogens (tertiary/aromatic N) is 3. The fourth-order valence-electron chi connectivity index (χ4n) is 3.00. The number of amides is 1. The number of aromatic nitrogens is 2. The number of carbonyl (C=O) groups excluding carboxylic acids is 1. The van der Waals surface area contributed by atoms with E-state index in [4.69, 9.17) is 22.3 Å². The first-order valence-electron chi connectivity index (χ1n) is 9.07. The lowest BCUT2D eigenvalue weighted by Gasteiger charge is -2.11. The van der Waals surface area contributed by atoms with Gasteiger partial charge in [0.2, 0.25) is 0 Å². The number of hydrogen-bond donors (Lipinski definition) is 1. The highest BCUT2D eigenvalue weighted by Crippen LogP contribution is 2.35. The maximum absolute atomic E-state index is 13.3. The summed E-state index contributed by atoms with van der Waals surface area (Å²) in [7, 11) is 0. The third-order valence-electron chi connectivity index (χ3n) is 4.45. The van der Waals surface area contributed by atoms with Crippen LogP contribution in [0.4, 0.5) is 0 Å². The van der Waals surface area contributed by atoms with Crippen molar-refractivity contribution in [3.63, 3.8) is 0 Å². The SMILES string of the molecule is Cc1cccn2c(=O)c(/C=C3\SC(=S)N(CC(=O)O)C3=O)c(Sc3ccccc3)nc12. The van der Waals surface area contributed by atoms with Crippen LogP contribution in [0.25, 0.3) is 11.7 Å². The largest absolute Gasteiger partial charge is 0.480 e. The number of aliphatic carboxylic acids is 1.